The number of hydrogen-bond acceptors (Lipinski definition) is 9. The van der Waals surface area contributed by atoms with Crippen LogP contribution in [0.4, 0.5) is 34.1 Å². The van der Waals surface area contributed by atoms with Gasteiger partial charge in [0.25, 0.3) is 0 Å². The van der Waals surface area contributed by atoms with E-state index in [4.69, 9.17) is 8.83 Å². The van der Waals surface area contributed by atoms with E-state index >= 15 is 0 Å². The van der Waals surface area contributed by atoms with E-state index in [1.807, 2.05) is 35.7 Å². The molecule has 0 aliphatic heterocycles. The van der Waals surface area contributed by atoms with Gasteiger partial charge in [0.1, 0.15) is 16.0 Å². The lowest BCUT2D eigenvalue weighted by Crippen LogP contribution is -2.10. The molecule has 0 amide bonds. The summed E-state index contributed by atoms with van der Waals surface area (Å²) in [5.74, 6) is 0. The van der Waals surface area contributed by atoms with Crippen LogP contribution in [-0.2, 0) is 0 Å². The first-order valence-electron chi connectivity index (χ1n) is 22.5. The summed E-state index contributed by atoms with van der Waals surface area (Å²) in [6.07, 6.45) is 5.42. The van der Waals surface area contributed by atoms with Crippen LogP contribution in [0.2, 0.25) is 0 Å². The van der Waals surface area contributed by atoms with Gasteiger partial charge in [0, 0.05) is 122 Å². The van der Waals surface area contributed by atoms with Crippen LogP contribution in [0, 0.1) is 0 Å². The largest absolute Gasteiger partial charge is 0.438 e. The number of furan rings is 2. The first kappa shape index (κ1) is 37.6. The zero-order chi connectivity index (χ0) is 44.5. The van der Waals surface area contributed by atoms with Crippen LogP contribution >= 0.6 is 22.7 Å². The highest BCUT2D eigenvalue weighted by Gasteiger charge is 2.21. The maximum absolute atomic E-state index is 6.34. The number of hydrogen-bond donors (Lipinski definition) is 0. The molecule has 0 radical (unpaired) electrons. The van der Waals surface area contributed by atoms with E-state index in [9.17, 15) is 0 Å². The molecule has 0 unspecified atom stereocenters. The normalized spacial score (nSPS) is 12.1. The number of pyridine rings is 3. The molecule has 7 aromatic heterocycles. The van der Waals surface area contributed by atoms with Gasteiger partial charge < -0.3 is 18.6 Å². The van der Waals surface area contributed by atoms with Crippen molar-refractivity contribution in [3.05, 3.63) is 201 Å². The van der Waals surface area contributed by atoms with Crippen molar-refractivity contribution in [1.29, 1.82) is 0 Å². The molecule has 7 nitrogen and oxygen atoms in total. The second-order valence-corrected chi connectivity index (χ2v) is 19.4. The second kappa shape index (κ2) is 14.4. The monoisotopic (exact) mass is 907 g/mol. The number of fused-ring (bicyclic) bond motifs is 15. The summed E-state index contributed by atoms with van der Waals surface area (Å²) in [5, 5.41) is 13.7. The Morgan fingerprint density at radius 1 is 0.309 bits per heavy atom. The molecule has 0 aliphatic rings. The molecule has 0 saturated heterocycles. The van der Waals surface area contributed by atoms with E-state index in [2.05, 4.69) is 189 Å². The summed E-state index contributed by atoms with van der Waals surface area (Å²) in [4.78, 5) is 19.4. The quantitative estimate of drug-likeness (QED) is 0.154. The van der Waals surface area contributed by atoms with Crippen LogP contribution in [0.1, 0.15) is 0 Å². The van der Waals surface area contributed by atoms with Crippen molar-refractivity contribution in [1.82, 2.24) is 15.0 Å². The molecule has 0 saturated carbocycles. The highest BCUT2D eigenvalue weighted by Crippen LogP contribution is 2.46. The average molecular weight is 908 g/mol. The third-order valence-electron chi connectivity index (χ3n) is 13.4. The molecule has 68 heavy (non-hydrogen) atoms. The minimum atomic E-state index is 0.635. The molecule has 0 atom stereocenters. The molecule has 0 spiro atoms. The minimum Gasteiger partial charge on any atom is -0.438 e. The number of nitrogens with zero attached hydrogens (tertiary/aromatic N) is 5. The average Bonchev–Trinajstić information content (AvgIpc) is 4.16. The fourth-order valence-electron chi connectivity index (χ4n) is 10.3. The van der Waals surface area contributed by atoms with E-state index in [1.165, 1.54) is 46.4 Å². The Morgan fingerprint density at radius 2 is 0.735 bits per heavy atom. The van der Waals surface area contributed by atoms with Crippen LogP contribution < -0.4 is 9.80 Å². The number of aromatic nitrogens is 3. The lowest BCUT2D eigenvalue weighted by Gasteiger charge is -2.27. The summed E-state index contributed by atoms with van der Waals surface area (Å²) in [6, 6.07) is 65.5. The summed E-state index contributed by atoms with van der Waals surface area (Å²) in [5.41, 5.74) is 9.08. The predicted octanol–water partition coefficient (Wildman–Crippen LogP) is 17.7. The topological polar surface area (TPSA) is 71.4 Å². The summed E-state index contributed by atoms with van der Waals surface area (Å²) in [6.45, 7) is 0. The Kier molecular flexibility index (Phi) is 7.98. The molecule has 9 heteroatoms. The molecular weight excluding hydrogens is 875 g/mol. The fourth-order valence-corrected chi connectivity index (χ4v) is 12.5. The van der Waals surface area contributed by atoms with Crippen molar-refractivity contribution in [2.45, 2.75) is 0 Å². The Morgan fingerprint density at radius 3 is 1.32 bits per heavy atom. The van der Waals surface area contributed by atoms with Crippen LogP contribution in [0.15, 0.2) is 209 Å². The van der Waals surface area contributed by atoms with Gasteiger partial charge in [-0.1, -0.05) is 54.6 Å². The molecule has 318 valence electrons. The van der Waals surface area contributed by atoms with E-state index < -0.39 is 0 Å². The van der Waals surface area contributed by atoms with Gasteiger partial charge in [-0.2, -0.15) is 0 Å². The van der Waals surface area contributed by atoms with Crippen molar-refractivity contribution in [3.8, 4) is 0 Å². The van der Waals surface area contributed by atoms with Gasteiger partial charge in [-0.05, 0) is 137 Å². The smallest absolute Gasteiger partial charge is 0.227 e. The van der Waals surface area contributed by atoms with Gasteiger partial charge >= 0.3 is 0 Å². The van der Waals surface area contributed by atoms with Crippen LogP contribution in [0.3, 0.4) is 0 Å². The van der Waals surface area contributed by atoms with Crippen LogP contribution in [0.25, 0.3) is 106 Å². The number of benzene rings is 8. The molecule has 7 heterocycles. The van der Waals surface area contributed by atoms with Crippen molar-refractivity contribution in [2.75, 3.05) is 9.80 Å². The SMILES string of the molecule is c1ccc2c(c1)sc1cc(N(c3ccc4c(ccc5cc(N(c6ccc7c(c6)oc6ncccc67)c6ccc7c(c6)sc6ncccc67)ccc54)c3)c3ccc4c(c3)oc3ncccc34)ccc12. The van der Waals surface area contributed by atoms with Crippen LogP contribution in [0.5, 0.6) is 0 Å². The second-order valence-electron chi connectivity index (χ2n) is 17.2. The van der Waals surface area contributed by atoms with E-state index in [0.29, 0.717) is 11.4 Å². The van der Waals surface area contributed by atoms with Gasteiger partial charge in [0.2, 0.25) is 11.4 Å². The first-order chi connectivity index (χ1) is 33.6. The molecule has 15 rings (SSSR count). The number of anilines is 6. The molecule has 15 aromatic rings. The molecule has 0 bridgehead atoms. The molecule has 0 fully saturated rings. The van der Waals surface area contributed by atoms with E-state index in [0.717, 1.165) is 82.4 Å². The van der Waals surface area contributed by atoms with Gasteiger partial charge in [-0.15, -0.1) is 22.7 Å². The third-order valence-corrected chi connectivity index (χ3v) is 15.6. The van der Waals surface area contributed by atoms with Gasteiger partial charge in [0.15, 0.2) is 0 Å². The lowest BCUT2D eigenvalue weighted by atomic mass is 9.99. The summed E-state index contributed by atoms with van der Waals surface area (Å²) >= 11 is 3.55. The van der Waals surface area contributed by atoms with Crippen molar-refractivity contribution >= 4 is 163 Å². The predicted molar refractivity (Wildman–Crippen MR) is 285 cm³/mol. The Bertz CT molecular complexity index is 4050. The Labute approximate surface area is 395 Å². The summed E-state index contributed by atoms with van der Waals surface area (Å²) < 4.78 is 16.4. The zero-order valence-corrected chi connectivity index (χ0v) is 37.6. The van der Waals surface area contributed by atoms with Gasteiger partial charge in [-0.25, -0.2) is 15.0 Å². The van der Waals surface area contributed by atoms with Crippen LogP contribution in [-0.4, -0.2) is 15.0 Å². The fraction of sp³-hybridized carbons (Fsp3) is 0. The molecule has 0 N–H and O–H groups in total. The molecule has 0 aliphatic carbocycles. The lowest BCUT2D eigenvalue weighted by molar-refractivity contribution is 0.653. The zero-order valence-electron chi connectivity index (χ0n) is 35.9. The minimum absolute atomic E-state index is 0.635. The number of thiophene rings is 2. The van der Waals surface area contributed by atoms with E-state index in [1.54, 1.807) is 23.7 Å². The molecule has 8 aromatic carbocycles. The molecular formula is C59H33N5O2S2. The standard InChI is InChI=1S/C59H33N5O2S2/c1-2-10-54-46(6-1)47-23-17-40(32-55(47)67-54)63(38-15-21-44-49-7-3-25-60-57(49)65-52(44)30-38)36-13-19-42-34(28-36)11-12-35-29-37(14-20-43(35)42)64(39-16-22-45-50-8-4-26-61-58(50)66-53(45)31-39)41-18-24-48-51-9-5-27-62-59(51)68-56(48)33-41/h1-33H. The first-order valence-corrected chi connectivity index (χ1v) is 24.1. The Hall–Kier alpha value is -8.63. The van der Waals surface area contributed by atoms with Crippen molar-refractivity contribution < 1.29 is 8.83 Å². The third kappa shape index (κ3) is 5.73. The maximum Gasteiger partial charge on any atom is 0.227 e. The van der Waals surface area contributed by atoms with Gasteiger partial charge in [0.05, 0.1) is 0 Å². The highest BCUT2D eigenvalue weighted by molar-refractivity contribution is 7.26. The van der Waals surface area contributed by atoms with Crippen molar-refractivity contribution in [3.63, 3.8) is 0 Å². The summed E-state index contributed by atoms with van der Waals surface area (Å²) in [7, 11) is 0. The highest BCUT2D eigenvalue weighted by atomic mass is 32.1. The van der Waals surface area contributed by atoms with Gasteiger partial charge in [-0.3, -0.25) is 0 Å². The van der Waals surface area contributed by atoms with Crippen molar-refractivity contribution in [2.24, 2.45) is 0 Å². The number of rotatable bonds is 6. The van der Waals surface area contributed by atoms with E-state index in [-0.39, 0.29) is 0 Å². The maximum atomic E-state index is 6.34. The Balaban J connectivity index is 0.871.